The molecule has 61 heavy (non-hydrogen) atoms. The lowest BCUT2D eigenvalue weighted by Crippen LogP contribution is -2.46. The van der Waals surface area contributed by atoms with Crippen LogP contribution in [0.15, 0.2) is 0 Å². The Morgan fingerprint density at radius 2 is 0.951 bits per heavy atom. The summed E-state index contributed by atoms with van der Waals surface area (Å²) in [5.74, 6) is -3.19. The van der Waals surface area contributed by atoms with Gasteiger partial charge in [-0.1, -0.05) is 104 Å². The van der Waals surface area contributed by atoms with E-state index in [1.807, 2.05) is 20.8 Å². The van der Waals surface area contributed by atoms with Crippen LogP contribution in [0.3, 0.4) is 0 Å². The van der Waals surface area contributed by atoms with E-state index in [4.69, 9.17) is 24.1 Å². The summed E-state index contributed by atoms with van der Waals surface area (Å²) in [6.45, 7) is 7.19. The summed E-state index contributed by atoms with van der Waals surface area (Å²) in [7, 11) is 0. The van der Waals surface area contributed by atoms with Gasteiger partial charge >= 0.3 is 11.9 Å². The Bertz CT molecular complexity index is 1210. The van der Waals surface area contributed by atoms with Gasteiger partial charge in [-0.3, -0.25) is 28.8 Å². The van der Waals surface area contributed by atoms with E-state index in [0.717, 1.165) is 51.4 Å². The highest BCUT2D eigenvalue weighted by Gasteiger charge is 2.25. The third-order valence-corrected chi connectivity index (χ3v) is 10.1. The average Bonchev–Trinajstić information content (AvgIpc) is 3.22. The van der Waals surface area contributed by atoms with Gasteiger partial charge in [-0.25, -0.2) is 4.79 Å². The van der Waals surface area contributed by atoms with Crippen molar-refractivity contribution in [1.82, 2.24) is 21.3 Å². The molecule has 0 heterocycles. The molecular formula is C44H80N4O13. The van der Waals surface area contributed by atoms with Crippen LogP contribution in [-0.4, -0.2) is 130 Å². The lowest BCUT2D eigenvalue weighted by molar-refractivity contribution is -0.142. The van der Waals surface area contributed by atoms with Crippen molar-refractivity contribution in [2.45, 2.75) is 168 Å². The number of carboxylic acids is 2. The van der Waals surface area contributed by atoms with Crippen LogP contribution in [-0.2, 0) is 52.5 Å². The maximum absolute atomic E-state index is 12.3. The molecule has 17 nitrogen and oxygen atoms in total. The molecule has 3 unspecified atom stereocenters. The number of nitrogens with one attached hydrogen (secondary N) is 4. The number of carbonyl (C=O) groups excluding carboxylic acids is 5. The zero-order chi connectivity index (χ0) is 45.4. The van der Waals surface area contributed by atoms with Crippen molar-refractivity contribution in [3.63, 3.8) is 0 Å². The normalized spacial score (nSPS) is 12.6. The van der Waals surface area contributed by atoms with Crippen molar-refractivity contribution < 1.29 is 62.7 Å². The minimum Gasteiger partial charge on any atom is -0.481 e. The molecule has 0 aliphatic carbocycles. The number of rotatable bonds is 44. The third-order valence-electron chi connectivity index (χ3n) is 10.1. The van der Waals surface area contributed by atoms with Gasteiger partial charge in [-0.05, 0) is 31.6 Å². The summed E-state index contributed by atoms with van der Waals surface area (Å²) < 4.78 is 21.4. The molecule has 0 saturated heterocycles. The van der Waals surface area contributed by atoms with Crippen molar-refractivity contribution in [3.8, 4) is 0 Å². The summed E-state index contributed by atoms with van der Waals surface area (Å²) in [5.41, 5.74) is 0. The molecule has 0 saturated carbocycles. The second-order valence-electron chi connectivity index (χ2n) is 15.5. The minimum atomic E-state index is -1.18. The number of amides is 4. The zero-order valence-corrected chi connectivity index (χ0v) is 37.5. The fourth-order valence-electron chi connectivity index (χ4n) is 6.31. The highest BCUT2D eigenvalue weighted by atomic mass is 16.5. The van der Waals surface area contributed by atoms with Gasteiger partial charge in [-0.2, -0.15) is 0 Å². The molecule has 4 amide bonds. The van der Waals surface area contributed by atoms with Gasteiger partial charge in [0.25, 0.3) is 0 Å². The van der Waals surface area contributed by atoms with Crippen LogP contribution in [0.25, 0.3) is 0 Å². The van der Waals surface area contributed by atoms with Crippen LogP contribution in [0.1, 0.15) is 156 Å². The van der Waals surface area contributed by atoms with Crippen LogP contribution in [0.2, 0.25) is 0 Å². The lowest BCUT2D eigenvalue weighted by Gasteiger charge is -2.23. The lowest BCUT2D eigenvalue weighted by atomic mass is 9.93. The van der Waals surface area contributed by atoms with Crippen molar-refractivity contribution in [3.05, 3.63) is 0 Å². The number of aliphatic carboxylic acids is 2. The quantitative estimate of drug-likeness (QED) is 0.0449. The van der Waals surface area contributed by atoms with Crippen LogP contribution < -0.4 is 21.3 Å². The van der Waals surface area contributed by atoms with Gasteiger partial charge in [0, 0.05) is 38.8 Å². The number of ether oxygens (including phenoxy) is 4. The first-order valence-electron chi connectivity index (χ1n) is 22.8. The molecule has 0 aromatic rings. The van der Waals surface area contributed by atoms with E-state index in [2.05, 4.69) is 21.3 Å². The van der Waals surface area contributed by atoms with Crippen LogP contribution in [0.4, 0.5) is 0 Å². The SMILES string of the molecule is CCCC(=O)C(NC(=O)COCCOCCNC(=O)COCCOCCNC(=O)CCC(NC(=O)CCCCCCCCCCCCCCCCC(=O)O)C(=O)O)C(C)CC. The van der Waals surface area contributed by atoms with E-state index in [9.17, 15) is 38.7 Å². The minimum absolute atomic E-state index is 0.0270. The molecule has 0 fully saturated rings. The Hall–Kier alpha value is -3.67. The molecule has 0 radical (unpaired) electrons. The van der Waals surface area contributed by atoms with Gasteiger partial charge in [0.2, 0.25) is 23.6 Å². The molecule has 17 heteroatoms. The molecule has 0 spiro atoms. The fraction of sp³-hybridized carbons (Fsp3) is 0.841. The van der Waals surface area contributed by atoms with Crippen molar-refractivity contribution in [2.24, 2.45) is 5.92 Å². The average molecular weight is 873 g/mol. The Balaban J connectivity index is 3.75. The van der Waals surface area contributed by atoms with E-state index in [1.165, 1.54) is 44.9 Å². The molecule has 0 rings (SSSR count). The van der Waals surface area contributed by atoms with Crippen molar-refractivity contribution in [1.29, 1.82) is 0 Å². The molecule has 0 aromatic carbocycles. The van der Waals surface area contributed by atoms with E-state index < -0.39 is 24.0 Å². The van der Waals surface area contributed by atoms with Crippen molar-refractivity contribution >= 4 is 41.4 Å². The number of carboxylic acid groups (broad SMARTS) is 2. The molecule has 0 aromatic heterocycles. The van der Waals surface area contributed by atoms with E-state index in [-0.39, 0.29) is 127 Å². The van der Waals surface area contributed by atoms with E-state index in [1.54, 1.807) is 0 Å². The van der Waals surface area contributed by atoms with Crippen LogP contribution in [0, 0.1) is 5.92 Å². The van der Waals surface area contributed by atoms with Crippen LogP contribution >= 0.6 is 0 Å². The fourth-order valence-corrected chi connectivity index (χ4v) is 6.31. The monoisotopic (exact) mass is 873 g/mol. The molecule has 354 valence electrons. The zero-order valence-electron chi connectivity index (χ0n) is 37.5. The number of unbranched alkanes of at least 4 members (excludes halogenated alkanes) is 13. The molecule has 3 atom stereocenters. The summed E-state index contributed by atoms with van der Waals surface area (Å²) in [6.07, 6.45) is 17.4. The van der Waals surface area contributed by atoms with Gasteiger partial charge < -0.3 is 50.4 Å². The Kier molecular flexibility index (Phi) is 38.0. The first-order chi connectivity index (χ1) is 29.4. The highest BCUT2D eigenvalue weighted by molar-refractivity contribution is 5.89. The predicted molar refractivity (Wildman–Crippen MR) is 231 cm³/mol. The molecular weight excluding hydrogens is 792 g/mol. The second kappa shape index (κ2) is 40.4. The third kappa shape index (κ3) is 36.7. The molecule has 0 bridgehead atoms. The summed E-state index contributed by atoms with van der Waals surface area (Å²) in [6, 6.07) is -1.65. The van der Waals surface area contributed by atoms with Gasteiger partial charge in [-0.15, -0.1) is 0 Å². The number of carbonyl (C=O) groups is 7. The van der Waals surface area contributed by atoms with E-state index in [0.29, 0.717) is 12.8 Å². The Morgan fingerprint density at radius 3 is 1.43 bits per heavy atom. The maximum atomic E-state index is 12.3. The molecule has 0 aliphatic rings. The number of hydrogen-bond donors (Lipinski definition) is 6. The van der Waals surface area contributed by atoms with Crippen molar-refractivity contribution in [2.75, 3.05) is 65.9 Å². The number of ketones is 1. The Morgan fingerprint density at radius 1 is 0.492 bits per heavy atom. The first kappa shape index (κ1) is 57.3. The number of Topliss-reactive ketones (excluding diaryl/α,β-unsaturated/α-hetero) is 1. The van der Waals surface area contributed by atoms with Crippen LogP contribution in [0.5, 0.6) is 0 Å². The standard InChI is InChI=1S/C44H80N4O13/c1-4-20-37(49)43(35(3)5-2)48-41(53)34-61-32-30-59-28-26-46-40(52)33-60-31-29-58-27-25-45-38(50)24-23-36(44(56)57)47-39(51)21-18-16-14-12-10-8-6-7-9-11-13-15-17-19-22-42(54)55/h35-36,43H,4-34H2,1-3H3,(H,45,50)(H,46,52)(H,47,51)(H,48,53)(H,54,55)(H,56,57). The summed E-state index contributed by atoms with van der Waals surface area (Å²) in [4.78, 5) is 83.2. The van der Waals surface area contributed by atoms with Gasteiger partial charge in [0.15, 0.2) is 5.78 Å². The molecule has 6 N–H and O–H groups in total. The maximum Gasteiger partial charge on any atom is 0.326 e. The molecule has 0 aliphatic heterocycles. The largest absolute Gasteiger partial charge is 0.481 e. The summed E-state index contributed by atoms with van der Waals surface area (Å²) in [5, 5.41) is 28.8. The second-order valence-corrected chi connectivity index (χ2v) is 15.5. The number of hydrogen-bond acceptors (Lipinski definition) is 11. The first-order valence-corrected chi connectivity index (χ1v) is 22.8. The topological polar surface area (TPSA) is 245 Å². The van der Waals surface area contributed by atoms with Gasteiger partial charge in [0.1, 0.15) is 19.3 Å². The Labute approximate surface area is 364 Å². The smallest absolute Gasteiger partial charge is 0.326 e. The highest BCUT2D eigenvalue weighted by Crippen LogP contribution is 2.14. The predicted octanol–water partition coefficient (Wildman–Crippen LogP) is 4.86. The van der Waals surface area contributed by atoms with E-state index >= 15 is 0 Å². The summed E-state index contributed by atoms with van der Waals surface area (Å²) >= 11 is 0. The van der Waals surface area contributed by atoms with Gasteiger partial charge in [0.05, 0.1) is 45.7 Å².